The maximum Gasteiger partial charge on any atom is 0.534 e. The van der Waals surface area contributed by atoms with Crippen LogP contribution in [-0.4, -0.2) is 32.3 Å². The lowest BCUT2D eigenvalue weighted by Gasteiger charge is -2.29. The molecular weight excluding hydrogens is 487 g/mol. The van der Waals surface area contributed by atoms with E-state index in [0.717, 1.165) is 36.8 Å². The van der Waals surface area contributed by atoms with Crippen molar-refractivity contribution in [1.82, 2.24) is 0 Å². The standard InChI is InChI=1S/C24H32F3NO4S2/c1-5-7-13-23(28,6-2)16-33-22-15-21(32-34(29,30)24(25,26)27)20(31-4)14-19(22)17(3)18-11-9-8-10-12-18/h8-12,14-15,17H,5-7,13,16,28H2,1-4H3. The Labute approximate surface area is 204 Å². The van der Waals surface area contributed by atoms with E-state index in [4.69, 9.17) is 10.5 Å². The van der Waals surface area contributed by atoms with Crippen LogP contribution in [0.3, 0.4) is 0 Å². The summed E-state index contributed by atoms with van der Waals surface area (Å²) in [4.78, 5) is 0.587. The predicted octanol–water partition coefficient (Wildman–Crippen LogP) is 6.47. The minimum absolute atomic E-state index is 0.101. The molecule has 2 aromatic carbocycles. The second-order valence-electron chi connectivity index (χ2n) is 8.26. The molecule has 0 fully saturated rings. The lowest BCUT2D eigenvalue weighted by molar-refractivity contribution is -0.0500. The lowest BCUT2D eigenvalue weighted by atomic mass is 9.93. The van der Waals surface area contributed by atoms with Crippen LogP contribution >= 0.6 is 11.8 Å². The average Bonchev–Trinajstić information content (AvgIpc) is 2.80. The van der Waals surface area contributed by atoms with Crippen molar-refractivity contribution in [2.24, 2.45) is 5.73 Å². The van der Waals surface area contributed by atoms with E-state index in [1.807, 2.05) is 44.2 Å². The van der Waals surface area contributed by atoms with Gasteiger partial charge in [-0.1, -0.05) is 63.9 Å². The molecule has 34 heavy (non-hydrogen) atoms. The quantitative estimate of drug-likeness (QED) is 0.197. The summed E-state index contributed by atoms with van der Waals surface area (Å²) in [5.74, 6) is -0.250. The van der Waals surface area contributed by atoms with Gasteiger partial charge >= 0.3 is 15.6 Å². The molecule has 0 amide bonds. The zero-order chi connectivity index (χ0) is 25.6. The normalized spacial score (nSPS) is 14.9. The van der Waals surface area contributed by atoms with Gasteiger partial charge in [-0.3, -0.25) is 0 Å². The molecule has 0 saturated carbocycles. The number of methoxy groups -OCH3 is 1. The highest BCUT2D eigenvalue weighted by atomic mass is 32.2. The highest BCUT2D eigenvalue weighted by molar-refractivity contribution is 7.99. The molecule has 5 nitrogen and oxygen atoms in total. The summed E-state index contributed by atoms with van der Waals surface area (Å²) >= 11 is 1.38. The molecule has 0 bridgehead atoms. The molecule has 0 spiro atoms. The van der Waals surface area contributed by atoms with Gasteiger partial charge in [0.1, 0.15) is 0 Å². The number of alkyl halides is 3. The molecule has 2 rings (SSSR count). The van der Waals surface area contributed by atoms with Crippen molar-refractivity contribution in [2.75, 3.05) is 12.9 Å². The molecule has 0 saturated heterocycles. The van der Waals surface area contributed by atoms with E-state index in [-0.39, 0.29) is 11.7 Å². The van der Waals surface area contributed by atoms with Gasteiger partial charge in [0.25, 0.3) is 0 Å². The molecule has 0 aromatic heterocycles. The molecule has 190 valence electrons. The maximum absolute atomic E-state index is 13.0. The van der Waals surface area contributed by atoms with Gasteiger partial charge in [-0.15, -0.1) is 11.8 Å². The van der Waals surface area contributed by atoms with E-state index in [0.29, 0.717) is 10.6 Å². The van der Waals surface area contributed by atoms with E-state index in [9.17, 15) is 21.6 Å². The zero-order valence-electron chi connectivity index (χ0n) is 19.8. The Kier molecular flexibility index (Phi) is 9.73. The first-order chi connectivity index (χ1) is 15.9. The van der Waals surface area contributed by atoms with Crippen molar-refractivity contribution in [1.29, 1.82) is 0 Å². The molecular formula is C24H32F3NO4S2. The highest BCUT2D eigenvalue weighted by Crippen LogP contribution is 2.43. The first kappa shape index (κ1) is 28.3. The molecule has 0 radical (unpaired) electrons. The summed E-state index contributed by atoms with van der Waals surface area (Å²) in [5, 5.41) is 0. The van der Waals surface area contributed by atoms with Crippen LogP contribution < -0.4 is 14.7 Å². The summed E-state index contributed by atoms with van der Waals surface area (Å²) in [5.41, 5.74) is 2.34. The largest absolute Gasteiger partial charge is 0.534 e. The third kappa shape index (κ3) is 7.05. The number of hydrogen-bond acceptors (Lipinski definition) is 6. The van der Waals surface area contributed by atoms with Crippen molar-refractivity contribution in [2.45, 2.75) is 68.3 Å². The second-order valence-corrected chi connectivity index (χ2v) is 10.8. The van der Waals surface area contributed by atoms with Crippen LogP contribution in [0.5, 0.6) is 11.5 Å². The van der Waals surface area contributed by atoms with Crippen LogP contribution in [0.25, 0.3) is 0 Å². The number of thioether (sulfide) groups is 1. The van der Waals surface area contributed by atoms with Gasteiger partial charge in [0.15, 0.2) is 11.5 Å². The Morgan fingerprint density at radius 2 is 1.74 bits per heavy atom. The summed E-state index contributed by atoms with van der Waals surface area (Å²) in [7, 11) is -4.61. The van der Waals surface area contributed by atoms with Crippen molar-refractivity contribution >= 4 is 21.9 Å². The SMILES string of the molecule is CCCCC(N)(CC)CSc1cc(OS(=O)(=O)C(F)(F)F)c(OC)cc1C(C)c1ccccc1. The lowest BCUT2D eigenvalue weighted by Crippen LogP contribution is -2.41. The fourth-order valence-corrected chi connectivity index (χ4v) is 5.28. The maximum atomic E-state index is 13.0. The first-order valence-electron chi connectivity index (χ1n) is 11.1. The van der Waals surface area contributed by atoms with Crippen LogP contribution in [0.2, 0.25) is 0 Å². The molecule has 0 aliphatic heterocycles. The van der Waals surface area contributed by atoms with Crippen LogP contribution in [0, 0.1) is 0 Å². The Hall–Kier alpha value is -1.91. The molecule has 0 aliphatic rings. The van der Waals surface area contributed by atoms with Crippen molar-refractivity contribution < 1.29 is 30.5 Å². The van der Waals surface area contributed by atoms with E-state index in [1.165, 1.54) is 31.0 Å². The fourth-order valence-electron chi connectivity index (χ4n) is 3.43. The number of benzene rings is 2. The molecule has 10 heteroatoms. The average molecular weight is 520 g/mol. The Morgan fingerprint density at radius 1 is 1.09 bits per heavy atom. The number of rotatable bonds is 12. The number of hydrogen-bond donors (Lipinski definition) is 1. The topological polar surface area (TPSA) is 78.6 Å². The number of ether oxygens (including phenoxy) is 1. The molecule has 0 heterocycles. The zero-order valence-corrected chi connectivity index (χ0v) is 21.4. The summed E-state index contributed by atoms with van der Waals surface area (Å²) in [6.07, 6.45) is 3.48. The van der Waals surface area contributed by atoms with Gasteiger partial charge in [0, 0.05) is 22.1 Å². The van der Waals surface area contributed by atoms with Crippen LogP contribution in [0.1, 0.15) is 63.5 Å². The van der Waals surface area contributed by atoms with Gasteiger partial charge in [-0.05, 0) is 36.1 Å². The second kappa shape index (κ2) is 11.7. The molecule has 2 unspecified atom stereocenters. The number of halogens is 3. The Bertz CT molecular complexity index is 1050. The third-order valence-corrected chi connectivity index (χ3v) is 8.14. The van der Waals surface area contributed by atoms with Gasteiger partial charge in [0.05, 0.1) is 7.11 Å². The van der Waals surface area contributed by atoms with E-state index < -0.39 is 26.9 Å². The monoisotopic (exact) mass is 519 g/mol. The van der Waals surface area contributed by atoms with Crippen LogP contribution in [0.4, 0.5) is 13.2 Å². The molecule has 2 aromatic rings. The van der Waals surface area contributed by atoms with Crippen LogP contribution in [0.15, 0.2) is 47.4 Å². The number of unbranched alkanes of at least 4 members (excludes halogenated alkanes) is 1. The molecule has 2 atom stereocenters. The van der Waals surface area contributed by atoms with Gasteiger partial charge < -0.3 is 14.7 Å². The number of nitrogens with two attached hydrogens (primary N) is 1. The summed E-state index contributed by atoms with van der Waals surface area (Å²) in [6.45, 7) is 6.05. The third-order valence-electron chi connectivity index (χ3n) is 5.79. The van der Waals surface area contributed by atoms with Gasteiger partial charge in [-0.2, -0.15) is 21.6 Å². The minimum Gasteiger partial charge on any atom is -0.493 e. The molecule has 2 N–H and O–H groups in total. The first-order valence-corrected chi connectivity index (χ1v) is 13.5. The summed E-state index contributed by atoms with van der Waals surface area (Å²) in [6, 6.07) is 12.4. The van der Waals surface area contributed by atoms with Crippen molar-refractivity contribution in [3.8, 4) is 11.5 Å². The Balaban J connectivity index is 2.55. The van der Waals surface area contributed by atoms with E-state index >= 15 is 0 Å². The van der Waals surface area contributed by atoms with Gasteiger partial charge in [-0.25, -0.2) is 0 Å². The highest BCUT2D eigenvalue weighted by Gasteiger charge is 2.49. The molecule has 0 aliphatic carbocycles. The smallest absolute Gasteiger partial charge is 0.493 e. The predicted molar refractivity (Wildman–Crippen MR) is 130 cm³/mol. The Morgan fingerprint density at radius 3 is 2.26 bits per heavy atom. The van der Waals surface area contributed by atoms with E-state index in [2.05, 4.69) is 11.1 Å². The fraction of sp³-hybridized carbons (Fsp3) is 0.500. The van der Waals surface area contributed by atoms with Gasteiger partial charge in [0.2, 0.25) is 0 Å². The minimum atomic E-state index is -5.86. The van der Waals surface area contributed by atoms with E-state index in [1.54, 1.807) is 0 Å². The van der Waals surface area contributed by atoms with Crippen molar-refractivity contribution in [3.63, 3.8) is 0 Å². The van der Waals surface area contributed by atoms with Crippen LogP contribution in [-0.2, 0) is 10.1 Å². The summed E-state index contributed by atoms with van der Waals surface area (Å²) < 4.78 is 72.0. The van der Waals surface area contributed by atoms with Crippen molar-refractivity contribution in [3.05, 3.63) is 53.6 Å².